The third-order valence-electron chi connectivity index (χ3n) is 3.79. The maximum absolute atomic E-state index is 12.4. The van der Waals surface area contributed by atoms with Crippen LogP contribution in [-0.4, -0.2) is 33.0 Å². The monoisotopic (exact) mass is 389 g/mol. The zero-order valence-electron chi connectivity index (χ0n) is 15.5. The molecule has 0 radical (unpaired) electrons. The molecule has 2 N–H and O–H groups in total. The van der Waals surface area contributed by atoms with Crippen molar-refractivity contribution in [2.45, 2.75) is 20.3 Å². The van der Waals surface area contributed by atoms with Gasteiger partial charge in [0.15, 0.2) is 0 Å². The summed E-state index contributed by atoms with van der Waals surface area (Å²) in [6, 6.07) is 13.7. The van der Waals surface area contributed by atoms with Crippen LogP contribution in [0.3, 0.4) is 0 Å². The van der Waals surface area contributed by atoms with Crippen LogP contribution in [0.1, 0.15) is 19.4 Å². The summed E-state index contributed by atoms with van der Waals surface area (Å²) < 4.78 is 25.4. The highest BCUT2D eigenvalue weighted by molar-refractivity contribution is 7.92. The second-order valence-corrected chi connectivity index (χ2v) is 8.01. The lowest BCUT2D eigenvalue weighted by molar-refractivity contribution is -0.115. The Kier molecular flexibility index (Phi) is 6.57. The van der Waals surface area contributed by atoms with Crippen molar-refractivity contribution in [2.24, 2.45) is 0 Å². The van der Waals surface area contributed by atoms with Gasteiger partial charge in [0.05, 0.1) is 11.9 Å². The number of benzene rings is 2. The molecule has 0 heterocycles. The van der Waals surface area contributed by atoms with Crippen LogP contribution >= 0.6 is 0 Å². The molecule has 0 saturated heterocycles. The van der Waals surface area contributed by atoms with E-state index in [0.29, 0.717) is 17.1 Å². The highest BCUT2D eigenvalue weighted by Gasteiger charge is 2.21. The summed E-state index contributed by atoms with van der Waals surface area (Å²) in [6.07, 6.45) is 1.92. The summed E-state index contributed by atoms with van der Waals surface area (Å²) in [5.74, 6) is -0.735. The van der Waals surface area contributed by atoms with E-state index >= 15 is 0 Å². The Morgan fingerprint density at radius 2 is 1.67 bits per heavy atom. The fraction of sp³-hybridized carbons (Fsp3) is 0.263. The van der Waals surface area contributed by atoms with E-state index < -0.39 is 15.9 Å². The van der Waals surface area contributed by atoms with Crippen molar-refractivity contribution in [3.05, 3.63) is 54.1 Å². The van der Waals surface area contributed by atoms with Crippen molar-refractivity contribution in [3.63, 3.8) is 0 Å². The average molecular weight is 389 g/mol. The van der Waals surface area contributed by atoms with Gasteiger partial charge >= 0.3 is 0 Å². The number of amides is 2. The van der Waals surface area contributed by atoms with Gasteiger partial charge in [0.2, 0.25) is 21.8 Å². The van der Waals surface area contributed by atoms with E-state index in [-0.39, 0.29) is 12.5 Å². The molecule has 2 aromatic carbocycles. The van der Waals surface area contributed by atoms with Crippen molar-refractivity contribution < 1.29 is 18.0 Å². The summed E-state index contributed by atoms with van der Waals surface area (Å²) in [7, 11) is -3.70. The average Bonchev–Trinajstić information content (AvgIpc) is 2.59. The molecule has 0 aliphatic rings. The van der Waals surface area contributed by atoms with Gasteiger partial charge in [-0.15, -0.1) is 0 Å². The largest absolute Gasteiger partial charge is 0.326 e. The van der Waals surface area contributed by atoms with Crippen molar-refractivity contribution in [2.75, 3.05) is 27.7 Å². The molecule has 8 heteroatoms. The Labute approximate surface area is 159 Å². The number of sulfonamides is 1. The molecule has 0 aromatic heterocycles. The van der Waals surface area contributed by atoms with Gasteiger partial charge in [-0.05, 0) is 42.3 Å². The Bertz CT molecular complexity index is 924. The van der Waals surface area contributed by atoms with Gasteiger partial charge in [-0.25, -0.2) is 8.42 Å². The first-order valence-electron chi connectivity index (χ1n) is 8.43. The van der Waals surface area contributed by atoms with Gasteiger partial charge in [0.1, 0.15) is 6.54 Å². The van der Waals surface area contributed by atoms with Crippen LogP contribution in [0, 0.1) is 0 Å². The van der Waals surface area contributed by atoms with E-state index in [1.54, 1.807) is 30.3 Å². The zero-order chi connectivity index (χ0) is 20.0. The van der Waals surface area contributed by atoms with Crippen molar-refractivity contribution in [3.8, 4) is 0 Å². The molecule has 2 aromatic rings. The number of carbonyl (C=O) groups excluding carboxylic acids is 2. The minimum Gasteiger partial charge on any atom is -0.326 e. The quantitative estimate of drug-likeness (QED) is 0.761. The minimum absolute atomic E-state index is 0.272. The van der Waals surface area contributed by atoms with Crippen molar-refractivity contribution >= 4 is 38.9 Å². The summed E-state index contributed by atoms with van der Waals surface area (Å²) in [4.78, 5) is 23.6. The molecule has 0 aliphatic heterocycles. The predicted octanol–water partition coefficient (Wildman–Crippen LogP) is 2.61. The number of nitrogens with one attached hydrogen (secondary N) is 2. The molecule has 0 bridgehead atoms. The molecule has 2 amide bonds. The zero-order valence-corrected chi connectivity index (χ0v) is 16.3. The third-order valence-corrected chi connectivity index (χ3v) is 4.93. The van der Waals surface area contributed by atoms with Crippen LogP contribution in [-0.2, 0) is 26.0 Å². The SMILES string of the molecule is CCc1ccc(NC(=O)CN(c2cccc(NC(C)=O)c2)S(C)(=O)=O)cc1. The van der Waals surface area contributed by atoms with Gasteiger partial charge in [0, 0.05) is 18.3 Å². The first-order valence-corrected chi connectivity index (χ1v) is 10.3. The molecule has 27 heavy (non-hydrogen) atoms. The number of nitrogens with zero attached hydrogens (tertiary/aromatic N) is 1. The third kappa shape index (κ3) is 6.10. The van der Waals surface area contributed by atoms with E-state index in [1.165, 1.54) is 13.0 Å². The summed E-state index contributed by atoms with van der Waals surface area (Å²) in [6.45, 7) is 3.02. The highest BCUT2D eigenvalue weighted by atomic mass is 32.2. The highest BCUT2D eigenvalue weighted by Crippen LogP contribution is 2.22. The minimum atomic E-state index is -3.70. The van der Waals surface area contributed by atoms with Gasteiger partial charge < -0.3 is 10.6 Å². The maximum atomic E-state index is 12.4. The van der Waals surface area contributed by atoms with E-state index in [1.807, 2.05) is 19.1 Å². The van der Waals surface area contributed by atoms with E-state index in [0.717, 1.165) is 22.5 Å². The maximum Gasteiger partial charge on any atom is 0.245 e. The first kappa shape index (κ1) is 20.4. The normalized spacial score (nSPS) is 10.9. The molecule has 0 saturated carbocycles. The Morgan fingerprint density at radius 3 is 2.22 bits per heavy atom. The number of carbonyl (C=O) groups is 2. The molecule has 0 unspecified atom stereocenters. The first-order chi connectivity index (χ1) is 12.7. The molecular formula is C19H23N3O4S. The second-order valence-electron chi connectivity index (χ2n) is 6.10. The predicted molar refractivity (Wildman–Crippen MR) is 107 cm³/mol. The standard InChI is InChI=1S/C19H23N3O4S/c1-4-15-8-10-16(11-9-15)21-19(24)13-22(27(3,25)26)18-7-5-6-17(12-18)20-14(2)23/h5-12H,4,13H2,1-3H3,(H,20,23)(H,21,24). The smallest absolute Gasteiger partial charge is 0.245 e. The Morgan fingerprint density at radius 1 is 1.00 bits per heavy atom. The molecule has 144 valence electrons. The van der Waals surface area contributed by atoms with Crippen molar-refractivity contribution in [1.29, 1.82) is 0 Å². The Balaban J connectivity index is 2.19. The van der Waals surface area contributed by atoms with Crippen LogP contribution in [0.5, 0.6) is 0 Å². The lowest BCUT2D eigenvalue weighted by Gasteiger charge is -2.22. The molecule has 0 fully saturated rings. The van der Waals surface area contributed by atoms with Crippen LogP contribution < -0.4 is 14.9 Å². The van der Waals surface area contributed by atoms with Gasteiger partial charge in [-0.2, -0.15) is 0 Å². The van der Waals surface area contributed by atoms with Crippen LogP contribution in [0.15, 0.2) is 48.5 Å². The summed E-state index contributed by atoms with van der Waals surface area (Å²) in [5, 5.41) is 5.29. The molecular weight excluding hydrogens is 366 g/mol. The fourth-order valence-corrected chi connectivity index (χ4v) is 3.35. The van der Waals surface area contributed by atoms with E-state index in [2.05, 4.69) is 10.6 Å². The van der Waals surface area contributed by atoms with Crippen LogP contribution in [0.4, 0.5) is 17.1 Å². The number of rotatable bonds is 7. The molecule has 2 rings (SSSR count). The summed E-state index contributed by atoms with van der Waals surface area (Å²) in [5.41, 5.74) is 2.47. The second kappa shape index (κ2) is 8.68. The van der Waals surface area contributed by atoms with Gasteiger partial charge in [-0.3, -0.25) is 13.9 Å². The van der Waals surface area contributed by atoms with Gasteiger partial charge in [0.25, 0.3) is 0 Å². The lowest BCUT2D eigenvalue weighted by atomic mass is 10.1. The van der Waals surface area contributed by atoms with Crippen molar-refractivity contribution in [1.82, 2.24) is 0 Å². The molecule has 0 aliphatic carbocycles. The molecule has 7 nitrogen and oxygen atoms in total. The number of hydrogen-bond acceptors (Lipinski definition) is 4. The van der Waals surface area contributed by atoms with Crippen LogP contribution in [0.2, 0.25) is 0 Å². The Hall–Kier alpha value is -2.87. The topological polar surface area (TPSA) is 95.6 Å². The summed E-state index contributed by atoms with van der Waals surface area (Å²) >= 11 is 0. The lowest BCUT2D eigenvalue weighted by Crippen LogP contribution is -2.37. The molecule has 0 atom stereocenters. The van der Waals surface area contributed by atoms with E-state index in [9.17, 15) is 18.0 Å². The fourth-order valence-electron chi connectivity index (χ4n) is 2.50. The van der Waals surface area contributed by atoms with Gasteiger partial charge in [-0.1, -0.05) is 25.1 Å². The molecule has 0 spiro atoms. The van der Waals surface area contributed by atoms with Crippen LogP contribution in [0.25, 0.3) is 0 Å². The number of aryl methyl sites for hydroxylation is 1. The van der Waals surface area contributed by atoms with E-state index in [4.69, 9.17) is 0 Å². The number of hydrogen-bond donors (Lipinski definition) is 2. The number of anilines is 3.